The number of halogens is 1. The average Bonchev–Trinajstić information content (AvgIpc) is 2.44. The van der Waals surface area contributed by atoms with Gasteiger partial charge in [0.25, 0.3) is 0 Å². The lowest BCUT2D eigenvalue weighted by molar-refractivity contribution is -0.0372. The SMILES string of the molecule is CCC[C@]1(CO)CCN(c2ccc(Cl)c(C)n2)C[C@H]1O. The van der Waals surface area contributed by atoms with Crippen LogP contribution in [0.4, 0.5) is 5.82 Å². The number of piperidine rings is 1. The minimum atomic E-state index is -0.529. The largest absolute Gasteiger partial charge is 0.396 e. The molecule has 1 aliphatic rings. The lowest BCUT2D eigenvalue weighted by Crippen LogP contribution is -2.53. The third-order valence-corrected chi connectivity index (χ3v) is 4.77. The Hall–Kier alpha value is -0.840. The van der Waals surface area contributed by atoms with Crippen molar-refractivity contribution >= 4 is 17.4 Å². The minimum Gasteiger partial charge on any atom is -0.396 e. The maximum absolute atomic E-state index is 10.5. The van der Waals surface area contributed by atoms with Crippen LogP contribution in [-0.2, 0) is 0 Å². The van der Waals surface area contributed by atoms with Crippen LogP contribution in [0, 0.1) is 12.3 Å². The van der Waals surface area contributed by atoms with Gasteiger partial charge < -0.3 is 15.1 Å². The van der Waals surface area contributed by atoms with E-state index in [2.05, 4.69) is 16.8 Å². The molecular weight excluding hydrogens is 276 g/mol. The second kappa shape index (κ2) is 6.29. The third-order valence-electron chi connectivity index (χ3n) is 4.37. The number of β-amino-alcohol motifs (C(OH)–C–C–N with tert-alkyl or cyclic N) is 1. The molecular formula is C15H23ClN2O2. The molecule has 1 aromatic rings. The molecule has 0 aromatic carbocycles. The van der Waals surface area contributed by atoms with Gasteiger partial charge in [-0.05, 0) is 31.9 Å². The summed E-state index contributed by atoms with van der Waals surface area (Å²) in [5, 5.41) is 20.8. The monoisotopic (exact) mass is 298 g/mol. The van der Waals surface area contributed by atoms with Gasteiger partial charge in [-0.15, -0.1) is 0 Å². The maximum Gasteiger partial charge on any atom is 0.128 e. The van der Waals surface area contributed by atoms with Crippen molar-refractivity contribution in [3.63, 3.8) is 0 Å². The van der Waals surface area contributed by atoms with Crippen molar-refractivity contribution in [2.75, 3.05) is 24.6 Å². The molecule has 2 heterocycles. The van der Waals surface area contributed by atoms with E-state index in [1.165, 1.54) is 0 Å². The molecule has 0 radical (unpaired) electrons. The molecule has 0 amide bonds. The molecule has 2 rings (SSSR count). The van der Waals surface area contributed by atoms with E-state index >= 15 is 0 Å². The first-order chi connectivity index (χ1) is 9.52. The number of aryl methyl sites for hydroxylation is 1. The smallest absolute Gasteiger partial charge is 0.128 e. The molecule has 0 saturated carbocycles. The van der Waals surface area contributed by atoms with E-state index < -0.39 is 6.10 Å². The summed E-state index contributed by atoms with van der Waals surface area (Å²) in [7, 11) is 0. The second-order valence-electron chi connectivity index (χ2n) is 5.72. The van der Waals surface area contributed by atoms with E-state index in [1.54, 1.807) is 0 Å². The van der Waals surface area contributed by atoms with Crippen LogP contribution in [0.25, 0.3) is 0 Å². The van der Waals surface area contributed by atoms with Crippen LogP contribution in [0.1, 0.15) is 31.9 Å². The highest BCUT2D eigenvalue weighted by Gasteiger charge is 2.41. The number of hydrogen-bond donors (Lipinski definition) is 2. The Morgan fingerprint density at radius 1 is 1.50 bits per heavy atom. The van der Waals surface area contributed by atoms with Crippen LogP contribution in [-0.4, -0.2) is 41.0 Å². The Bertz CT molecular complexity index is 469. The summed E-state index contributed by atoms with van der Waals surface area (Å²) >= 11 is 5.99. The molecule has 1 saturated heterocycles. The Morgan fingerprint density at radius 3 is 2.80 bits per heavy atom. The zero-order chi connectivity index (χ0) is 14.8. The number of anilines is 1. The zero-order valence-electron chi connectivity index (χ0n) is 12.1. The van der Waals surface area contributed by atoms with Crippen molar-refractivity contribution in [3.8, 4) is 0 Å². The van der Waals surface area contributed by atoms with Gasteiger partial charge in [0.1, 0.15) is 5.82 Å². The van der Waals surface area contributed by atoms with E-state index in [0.717, 1.165) is 37.3 Å². The number of aromatic nitrogens is 1. The maximum atomic E-state index is 10.5. The third kappa shape index (κ3) is 2.92. The first kappa shape index (κ1) is 15.5. The molecule has 1 aliphatic heterocycles. The summed E-state index contributed by atoms with van der Waals surface area (Å²) < 4.78 is 0. The van der Waals surface area contributed by atoms with Crippen molar-refractivity contribution in [1.29, 1.82) is 0 Å². The fourth-order valence-corrected chi connectivity index (χ4v) is 3.09. The van der Waals surface area contributed by atoms with Gasteiger partial charge in [0.05, 0.1) is 23.4 Å². The molecule has 2 N–H and O–H groups in total. The lowest BCUT2D eigenvalue weighted by atomic mass is 9.73. The average molecular weight is 299 g/mol. The Labute approximate surface area is 125 Å². The van der Waals surface area contributed by atoms with Gasteiger partial charge in [-0.25, -0.2) is 4.98 Å². The van der Waals surface area contributed by atoms with Gasteiger partial charge in [0.15, 0.2) is 0 Å². The summed E-state index contributed by atoms with van der Waals surface area (Å²) in [4.78, 5) is 6.54. The fraction of sp³-hybridized carbons (Fsp3) is 0.667. The highest BCUT2D eigenvalue weighted by atomic mass is 35.5. The molecule has 112 valence electrons. The molecule has 2 atom stereocenters. The topological polar surface area (TPSA) is 56.6 Å². The van der Waals surface area contributed by atoms with Crippen LogP contribution in [0.3, 0.4) is 0 Å². The summed E-state index contributed by atoms with van der Waals surface area (Å²) in [6.07, 6.45) is 2.07. The van der Waals surface area contributed by atoms with Crippen molar-refractivity contribution in [3.05, 3.63) is 22.8 Å². The number of hydrogen-bond acceptors (Lipinski definition) is 4. The van der Waals surface area contributed by atoms with E-state index in [1.807, 2.05) is 19.1 Å². The summed E-state index contributed by atoms with van der Waals surface area (Å²) in [5.41, 5.74) is 0.443. The number of aliphatic hydroxyl groups excluding tert-OH is 2. The van der Waals surface area contributed by atoms with Gasteiger partial charge in [-0.1, -0.05) is 24.9 Å². The predicted octanol–water partition coefficient (Wildman–Crippen LogP) is 2.39. The van der Waals surface area contributed by atoms with Crippen molar-refractivity contribution < 1.29 is 10.2 Å². The number of nitrogens with zero attached hydrogens (tertiary/aromatic N) is 2. The molecule has 0 aliphatic carbocycles. The van der Waals surface area contributed by atoms with Crippen LogP contribution in [0.2, 0.25) is 5.02 Å². The fourth-order valence-electron chi connectivity index (χ4n) is 2.99. The molecule has 5 heteroatoms. The Kier molecular flexibility index (Phi) is 4.89. The standard InChI is InChI=1S/C15H23ClN2O2/c1-3-6-15(10-19)7-8-18(9-13(15)20)14-5-4-12(16)11(2)17-14/h4-5,13,19-20H,3,6-10H2,1-2H3/t13-,15-/m1/s1. The van der Waals surface area contributed by atoms with E-state index in [4.69, 9.17) is 11.6 Å². The van der Waals surface area contributed by atoms with Crippen molar-refractivity contribution in [2.45, 2.75) is 39.2 Å². The van der Waals surface area contributed by atoms with E-state index in [9.17, 15) is 10.2 Å². The van der Waals surface area contributed by atoms with Crippen LogP contribution in [0.5, 0.6) is 0 Å². The zero-order valence-corrected chi connectivity index (χ0v) is 12.9. The van der Waals surface area contributed by atoms with Gasteiger partial charge in [-0.3, -0.25) is 0 Å². The Balaban J connectivity index is 2.13. The van der Waals surface area contributed by atoms with Crippen LogP contribution < -0.4 is 4.90 Å². The number of aliphatic hydroxyl groups is 2. The lowest BCUT2D eigenvalue weighted by Gasteiger charge is -2.45. The van der Waals surface area contributed by atoms with E-state index in [0.29, 0.717) is 11.6 Å². The summed E-state index contributed by atoms with van der Waals surface area (Å²) in [6.45, 7) is 5.31. The molecule has 0 bridgehead atoms. The quantitative estimate of drug-likeness (QED) is 0.896. The molecule has 1 aromatic heterocycles. The molecule has 0 spiro atoms. The number of rotatable bonds is 4. The minimum absolute atomic E-state index is 0.0446. The molecule has 0 unspecified atom stereocenters. The highest BCUT2D eigenvalue weighted by molar-refractivity contribution is 6.31. The molecule has 1 fully saturated rings. The van der Waals surface area contributed by atoms with Gasteiger partial charge in [-0.2, -0.15) is 0 Å². The van der Waals surface area contributed by atoms with Gasteiger partial charge >= 0.3 is 0 Å². The van der Waals surface area contributed by atoms with E-state index in [-0.39, 0.29) is 12.0 Å². The number of pyridine rings is 1. The Morgan fingerprint density at radius 2 is 2.25 bits per heavy atom. The normalized spacial score (nSPS) is 26.9. The first-order valence-corrected chi connectivity index (χ1v) is 7.57. The van der Waals surface area contributed by atoms with Gasteiger partial charge in [0, 0.05) is 18.5 Å². The first-order valence-electron chi connectivity index (χ1n) is 7.19. The van der Waals surface area contributed by atoms with Gasteiger partial charge in [0.2, 0.25) is 0 Å². The van der Waals surface area contributed by atoms with Crippen LogP contribution >= 0.6 is 11.6 Å². The predicted molar refractivity (Wildman–Crippen MR) is 81.2 cm³/mol. The summed E-state index contributed by atoms with van der Waals surface area (Å²) in [6, 6.07) is 3.72. The van der Waals surface area contributed by atoms with Crippen LogP contribution in [0.15, 0.2) is 12.1 Å². The molecule has 4 nitrogen and oxygen atoms in total. The highest BCUT2D eigenvalue weighted by Crippen LogP contribution is 2.37. The van der Waals surface area contributed by atoms with Crippen molar-refractivity contribution in [1.82, 2.24) is 4.98 Å². The summed E-state index contributed by atoms with van der Waals surface area (Å²) in [5.74, 6) is 0.842. The molecule has 20 heavy (non-hydrogen) atoms. The van der Waals surface area contributed by atoms with Crippen molar-refractivity contribution in [2.24, 2.45) is 5.41 Å². The second-order valence-corrected chi connectivity index (χ2v) is 6.13.